The molecule has 1 aromatic carbocycles. The number of benzene rings is 1. The van der Waals surface area contributed by atoms with E-state index in [0.717, 1.165) is 5.56 Å². The first-order chi connectivity index (χ1) is 8.14. The third kappa shape index (κ3) is 6.41. The van der Waals surface area contributed by atoms with Crippen LogP contribution < -0.4 is 5.48 Å². The van der Waals surface area contributed by atoms with Crippen molar-refractivity contribution >= 4 is 9.84 Å². The molecule has 0 aliphatic heterocycles. The number of hydroxylamine groups is 1. The molecule has 5 heteroatoms. The number of nitrogens with one attached hydrogen (secondary N) is 1. The van der Waals surface area contributed by atoms with Gasteiger partial charge in [0.15, 0.2) is 0 Å². The van der Waals surface area contributed by atoms with Crippen LogP contribution in [0, 0.1) is 0 Å². The summed E-state index contributed by atoms with van der Waals surface area (Å²) < 4.78 is 22.4. The van der Waals surface area contributed by atoms with Crippen molar-refractivity contribution < 1.29 is 13.3 Å². The Kier molecular flexibility index (Phi) is 6.18. The second-order valence-corrected chi connectivity index (χ2v) is 6.23. The first-order valence-electron chi connectivity index (χ1n) is 5.73. The van der Waals surface area contributed by atoms with Gasteiger partial charge >= 0.3 is 0 Å². The van der Waals surface area contributed by atoms with E-state index in [1.54, 1.807) is 6.92 Å². The second-order valence-electron chi connectivity index (χ2n) is 3.76. The molecule has 96 valence electrons. The largest absolute Gasteiger partial charge is 0.297 e. The zero-order chi connectivity index (χ0) is 12.6. The molecule has 0 saturated carbocycles. The minimum atomic E-state index is -2.85. The molecule has 0 aliphatic carbocycles. The molecule has 4 nitrogen and oxygen atoms in total. The van der Waals surface area contributed by atoms with Crippen LogP contribution in [0.15, 0.2) is 30.3 Å². The van der Waals surface area contributed by atoms with E-state index < -0.39 is 9.84 Å². The summed E-state index contributed by atoms with van der Waals surface area (Å²) in [4.78, 5) is 5.22. The monoisotopic (exact) mass is 257 g/mol. The average molecular weight is 257 g/mol. The van der Waals surface area contributed by atoms with Crippen molar-refractivity contribution in [1.29, 1.82) is 0 Å². The van der Waals surface area contributed by atoms with Crippen LogP contribution in [0.25, 0.3) is 0 Å². The Bertz CT molecular complexity index is 403. The van der Waals surface area contributed by atoms with Crippen LogP contribution in [0.5, 0.6) is 0 Å². The fourth-order valence-electron chi connectivity index (χ4n) is 1.29. The molecule has 0 bridgehead atoms. The van der Waals surface area contributed by atoms with E-state index in [4.69, 9.17) is 4.84 Å². The highest BCUT2D eigenvalue weighted by atomic mass is 32.2. The maximum Gasteiger partial charge on any atom is 0.150 e. The highest BCUT2D eigenvalue weighted by Crippen LogP contribution is 1.99. The predicted octanol–water partition coefficient (Wildman–Crippen LogP) is 1.53. The van der Waals surface area contributed by atoms with Gasteiger partial charge in [0.05, 0.1) is 12.4 Å². The first-order valence-corrected chi connectivity index (χ1v) is 7.55. The molecule has 0 fully saturated rings. The molecule has 0 amide bonds. The van der Waals surface area contributed by atoms with Crippen molar-refractivity contribution in [1.82, 2.24) is 5.48 Å². The van der Waals surface area contributed by atoms with Gasteiger partial charge in [-0.1, -0.05) is 37.3 Å². The van der Waals surface area contributed by atoms with Crippen molar-refractivity contribution in [3.8, 4) is 0 Å². The normalized spacial score (nSPS) is 11.6. The highest BCUT2D eigenvalue weighted by Gasteiger charge is 2.05. The zero-order valence-electron chi connectivity index (χ0n) is 10.1. The van der Waals surface area contributed by atoms with Gasteiger partial charge in [-0.05, 0) is 12.0 Å². The predicted molar refractivity (Wildman–Crippen MR) is 68.2 cm³/mol. The summed E-state index contributed by atoms with van der Waals surface area (Å²) in [6.07, 6.45) is 0.574. The van der Waals surface area contributed by atoms with E-state index in [1.807, 2.05) is 30.3 Å². The summed E-state index contributed by atoms with van der Waals surface area (Å²) in [5, 5.41) is 0. The van der Waals surface area contributed by atoms with Gasteiger partial charge in [-0.15, -0.1) is 0 Å². The van der Waals surface area contributed by atoms with E-state index in [9.17, 15) is 8.42 Å². The van der Waals surface area contributed by atoms with Crippen LogP contribution in [-0.2, 0) is 21.3 Å². The Morgan fingerprint density at radius 2 is 1.94 bits per heavy atom. The second kappa shape index (κ2) is 7.42. The quantitative estimate of drug-likeness (QED) is 0.567. The molecule has 0 saturated heterocycles. The summed E-state index contributed by atoms with van der Waals surface area (Å²) >= 11 is 0. The van der Waals surface area contributed by atoms with Crippen LogP contribution in [0.3, 0.4) is 0 Å². The molecule has 17 heavy (non-hydrogen) atoms. The molecule has 0 unspecified atom stereocenters. The maximum absolute atomic E-state index is 11.2. The summed E-state index contributed by atoms with van der Waals surface area (Å²) in [7, 11) is -2.85. The molecule has 0 radical (unpaired) electrons. The number of hydrogen-bond acceptors (Lipinski definition) is 4. The maximum atomic E-state index is 11.2. The van der Waals surface area contributed by atoms with E-state index >= 15 is 0 Å². The topological polar surface area (TPSA) is 55.4 Å². The Hall–Kier alpha value is -0.910. The average Bonchev–Trinajstić information content (AvgIpc) is 2.35. The van der Waals surface area contributed by atoms with E-state index in [2.05, 4.69) is 5.48 Å². The van der Waals surface area contributed by atoms with Crippen molar-refractivity contribution in [2.75, 3.05) is 18.1 Å². The lowest BCUT2D eigenvalue weighted by Crippen LogP contribution is -2.19. The van der Waals surface area contributed by atoms with Crippen LogP contribution >= 0.6 is 0 Å². The molecule has 1 N–H and O–H groups in total. The summed E-state index contributed by atoms with van der Waals surface area (Å²) in [6, 6.07) is 9.80. The van der Waals surface area contributed by atoms with Gasteiger partial charge in [-0.3, -0.25) is 4.84 Å². The standard InChI is InChI=1S/C12H19NO3S/c1-2-17(14,15)10-6-9-13-16-11-12-7-4-3-5-8-12/h3-5,7-8,13H,2,6,9-11H2,1H3. The van der Waals surface area contributed by atoms with Gasteiger partial charge in [-0.25, -0.2) is 13.9 Å². The van der Waals surface area contributed by atoms with Crippen molar-refractivity contribution in [3.05, 3.63) is 35.9 Å². The van der Waals surface area contributed by atoms with Gasteiger partial charge in [-0.2, -0.15) is 0 Å². The fraction of sp³-hybridized carbons (Fsp3) is 0.500. The lowest BCUT2D eigenvalue weighted by molar-refractivity contribution is 0.0284. The molecule has 0 spiro atoms. The third-order valence-corrected chi connectivity index (χ3v) is 4.15. The molecule has 0 aliphatic rings. The zero-order valence-corrected chi connectivity index (χ0v) is 10.9. The van der Waals surface area contributed by atoms with Gasteiger partial charge < -0.3 is 0 Å². The van der Waals surface area contributed by atoms with Crippen LogP contribution in [0.2, 0.25) is 0 Å². The Balaban J connectivity index is 2.06. The smallest absolute Gasteiger partial charge is 0.150 e. The van der Waals surface area contributed by atoms with Crippen LogP contribution in [0.1, 0.15) is 18.9 Å². The van der Waals surface area contributed by atoms with Gasteiger partial charge in [0.2, 0.25) is 0 Å². The first kappa shape index (κ1) is 14.2. The van der Waals surface area contributed by atoms with Crippen molar-refractivity contribution in [3.63, 3.8) is 0 Å². The Labute approximate surface area is 103 Å². The molecule has 1 rings (SSSR count). The third-order valence-electron chi connectivity index (χ3n) is 2.36. The van der Waals surface area contributed by atoms with Gasteiger partial charge in [0.25, 0.3) is 0 Å². The van der Waals surface area contributed by atoms with Gasteiger partial charge in [0.1, 0.15) is 9.84 Å². The minimum absolute atomic E-state index is 0.206. The lowest BCUT2D eigenvalue weighted by atomic mass is 10.2. The SMILES string of the molecule is CCS(=O)(=O)CCCNOCc1ccccc1. The van der Waals surface area contributed by atoms with Crippen LogP contribution in [0.4, 0.5) is 0 Å². The summed E-state index contributed by atoms with van der Waals surface area (Å²) in [5.41, 5.74) is 3.85. The highest BCUT2D eigenvalue weighted by molar-refractivity contribution is 7.91. The fourth-order valence-corrected chi connectivity index (χ4v) is 2.16. The van der Waals surface area contributed by atoms with Crippen molar-refractivity contribution in [2.45, 2.75) is 20.0 Å². The Morgan fingerprint density at radius 1 is 1.24 bits per heavy atom. The van der Waals surface area contributed by atoms with E-state index in [1.165, 1.54) is 0 Å². The molecular formula is C12H19NO3S. The summed E-state index contributed by atoms with van der Waals surface area (Å²) in [6.45, 7) is 2.70. The lowest BCUT2D eigenvalue weighted by Gasteiger charge is -2.05. The molecular weight excluding hydrogens is 238 g/mol. The minimum Gasteiger partial charge on any atom is -0.297 e. The number of rotatable bonds is 8. The van der Waals surface area contributed by atoms with E-state index in [0.29, 0.717) is 19.6 Å². The van der Waals surface area contributed by atoms with Gasteiger partial charge in [0, 0.05) is 12.3 Å². The number of hydrogen-bond donors (Lipinski definition) is 1. The number of sulfone groups is 1. The molecule has 0 heterocycles. The Morgan fingerprint density at radius 3 is 2.59 bits per heavy atom. The molecule has 0 aromatic heterocycles. The van der Waals surface area contributed by atoms with Crippen molar-refractivity contribution in [2.24, 2.45) is 0 Å². The van der Waals surface area contributed by atoms with E-state index in [-0.39, 0.29) is 11.5 Å². The summed E-state index contributed by atoms with van der Waals surface area (Å²) in [5.74, 6) is 0.420. The molecule has 1 aromatic rings. The molecule has 0 atom stereocenters. The van der Waals surface area contributed by atoms with Crippen LogP contribution in [-0.4, -0.2) is 26.5 Å².